The second-order valence-corrected chi connectivity index (χ2v) is 12.5. The van der Waals surface area contributed by atoms with E-state index in [4.69, 9.17) is 4.74 Å². The van der Waals surface area contributed by atoms with E-state index in [1.165, 1.54) is 25.3 Å². The summed E-state index contributed by atoms with van der Waals surface area (Å²) >= 11 is 0. The number of carbonyl (C=O) groups is 2. The smallest absolute Gasteiger partial charge is 0.375 e. The van der Waals surface area contributed by atoms with Gasteiger partial charge in [-0.1, -0.05) is 18.2 Å². The molecule has 2 saturated carbocycles. The van der Waals surface area contributed by atoms with Gasteiger partial charge in [0.05, 0.1) is 9.64 Å². The highest BCUT2D eigenvalue weighted by Crippen LogP contribution is 2.73. The molecule has 2 amide bonds. The van der Waals surface area contributed by atoms with E-state index in [9.17, 15) is 49.5 Å². The van der Waals surface area contributed by atoms with Crippen molar-refractivity contribution >= 4 is 27.3 Å². The molecule has 0 saturated heterocycles. The average molecular weight is 593 g/mol. The van der Waals surface area contributed by atoms with Crippen molar-refractivity contribution in [1.29, 1.82) is 0 Å². The molecular formula is C25H22F6N2O6S. The van der Waals surface area contributed by atoms with E-state index in [0.29, 0.717) is 36.1 Å². The molecule has 0 aromatic heterocycles. The van der Waals surface area contributed by atoms with Gasteiger partial charge < -0.3 is 20.1 Å². The second-order valence-electron chi connectivity index (χ2n) is 10.2. The lowest BCUT2D eigenvalue weighted by Crippen LogP contribution is -2.53. The monoisotopic (exact) mass is 592 g/mol. The minimum atomic E-state index is -6.07. The number of carbonyl (C=O) groups excluding carboxylic acids is 2. The van der Waals surface area contributed by atoms with Gasteiger partial charge in [-0.15, -0.1) is 0 Å². The Morgan fingerprint density at radius 1 is 1.05 bits per heavy atom. The number of aliphatic hydroxyl groups is 1. The van der Waals surface area contributed by atoms with Crippen LogP contribution >= 0.6 is 0 Å². The first-order chi connectivity index (χ1) is 18.5. The third-order valence-corrected chi connectivity index (χ3v) is 10.4. The first-order valence-corrected chi connectivity index (χ1v) is 13.4. The van der Waals surface area contributed by atoms with Gasteiger partial charge in [-0.05, 0) is 54.2 Å². The Morgan fingerprint density at radius 2 is 1.62 bits per heavy atom. The maximum Gasteiger partial charge on any atom is 0.430 e. The van der Waals surface area contributed by atoms with Crippen LogP contribution in [0.2, 0.25) is 0 Å². The highest BCUT2D eigenvalue weighted by molar-refractivity contribution is 7.93. The van der Waals surface area contributed by atoms with E-state index >= 15 is 0 Å². The number of nitrogens with zero attached hydrogens (tertiary/aromatic N) is 1. The number of anilines is 1. The lowest BCUT2D eigenvalue weighted by Gasteiger charge is -2.32. The van der Waals surface area contributed by atoms with E-state index in [1.807, 2.05) is 0 Å². The quantitative estimate of drug-likeness (QED) is 0.476. The molecule has 2 N–H and O–H groups in total. The topological polar surface area (TPSA) is 113 Å². The summed E-state index contributed by atoms with van der Waals surface area (Å²) in [6.07, 6.45) is -11.0. The van der Waals surface area contributed by atoms with Crippen molar-refractivity contribution < 1.29 is 54.2 Å². The van der Waals surface area contributed by atoms with E-state index < -0.39 is 62.6 Å². The molecule has 2 fully saturated rings. The van der Waals surface area contributed by atoms with Gasteiger partial charge in [0.25, 0.3) is 11.5 Å². The van der Waals surface area contributed by atoms with Crippen molar-refractivity contribution in [3.8, 4) is 0 Å². The normalized spacial score (nSPS) is 23.9. The molecule has 2 aromatic carbocycles. The second kappa shape index (κ2) is 8.91. The summed E-state index contributed by atoms with van der Waals surface area (Å²) in [6.45, 7) is -0.533. The van der Waals surface area contributed by atoms with E-state index in [1.54, 1.807) is 0 Å². The van der Waals surface area contributed by atoms with E-state index in [2.05, 4.69) is 5.32 Å². The summed E-state index contributed by atoms with van der Waals surface area (Å²) in [4.78, 5) is 27.2. The summed E-state index contributed by atoms with van der Waals surface area (Å²) in [5, 5.41) is 11.9. The summed E-state index contributed by atoms with van der Waals surface area (Å²) < 4.78 is 109. The SMILES string of the molecule is COCC(=O)N1Cc2cc(S(=O)(=O)C34CC3C4)ccc2C1C(=O)Nc1ccc(C(O)(C(F)(F)F)C(F)(F)F)cc1. The van der Waals surface area contributed by atoms with Crippen LogP contribution in [0.1, 0.15) is 35.6 Å². The number of alkyl halides is 6. The summed E-state index contributed by atoms with van der Waals surface area (Å²) in [5.41, 5.74) is -6.14. The van der Waals surface area contributed by atoms with Gasteiger partial charge in [-0.25, -0.2) is 8.42 Å². The number of sulfone groups is 1. The third-order valence-electron chi connectivity index (χ3n) is 7.74. The Labute approximate surface area is 223 Å². The maximum atomic E-state index is 13.3. The predicted octanol–water partition coefficient (Wildman–Crippen LogP) is 3.60. The largest absolute Gasteiger partial charge is 0.430 e. The molecule has 40 heavy (non-hydrogen) atoms. The molecule has 0 bridgehead atoms. The van der Waals surface area contributed by atoms with Crippen molar-refractivity contribution in [3.05, 3.63) is 59.2 Å². The van der Waals surface area contributed by atoms with Crippen LogP contribution in [0.4, 0.5) is 32.0 Å². The molecule has 0 spiro atoms. The fourth-order valence-electron chi connectivity index (χ4n) is 5.14. The zero-order valence-electron chi connectivity index (χ0n) is 20.6. The van der Waals surface area contributed by atoms with Gasteiger partial charge in [-0.2, -0.15) is 26.3 Å². The van der Waals surface area contributed by atoms with Crippen molar-refractivity contribution in [2.45, 2.75) is 53.0 Å². The summed E-state index contributed by atoms with van der Waals surface area (Å²) in [5.74, 6) is -1.31. The number of fused-ring (bicyclic) bond motifs is 2. The third kappa shape index (κ3) is 4.16. The van der Waals surface area contributed by atoms with Crippen LogP contribution < -0.4 is 5.32 Å². The molecule has 1 atom stereocenters. The molecule has 15 heteroatoms. The minimum absolute atomic E-state index is 0.0730. The van der Waals surface area contributed by atoms with Crippen LogP contribution in [0.15, 0.2) is 47.4 Å². The van der Waals surface area contributed by atoms with Gasteiger partial charge in [0.2, 0.25) is 5.91 Å². The summed E-state index contributed by atoms with van der Waals surface area (Å²) in [7, 11) is -2.34. The maximum absolute atomic E-state index is 13.3. The molecule has 2 aromatic rings. The number of benzene rings is 2. The van der Waals surface area contributed by atoms with Crippen molar-refractivity contribution in [3.63, 3.8) is 0 Å². The van der Waals surface area contributed by atoms with Gasteiger partial charge in [-0.3, -0.25) is 9.59 Å². The Kier molecular flexibility index (Phi) is 6.32. The zero-order chi connectivity index (χ0) is 29.5. The Bertz CT molecular complexity index is 1470. The zero-order valence-corrected chi connectivity index (χ0v) is 21.5. The number of rotatable bonds is 7. The number of halogens is 6. The highest BCUT2D eigenvalue weighted by Gasteiger charge is 2.78. The molecule has 3 aliphatic rings. The first kappa shape index (κ1) is 28.4. The molecule has 0 radical (unpaired) electrons. The number of ether oxygens (including phenoxy) is 1. The number of hydrogen-bond acceptors (Lipinski definition) is 6. The van der Waals surface area contributed by atoms with Crippen molar-refractivity contribution in [2.75, 3.05) is 19.0 Å². The fourth-order valence-corrected chi connectivity index (χ4v) is 7.43. The molecule has 216 valence electrons. The number of hydrogen-bond donors (Lipinski definition) is 2. The Balaban J connectivity index is 1.42. The molecule has 8 nitrogen and oxygen atoms in total. The van der Waals surface area contributed by atoms with Crippen molar-refractivity contribution in [2.24, 2.45) is 5.92 Å². The minimum Gasteiger partial charge on any atom is -0.375 e. The standard InChI is InChI=1S/C25H22F6N2O6S/c1-39-12-19(34)33-11-13-8-17(40(37,38)22-9-15(22)10-22)6-7-18(13)20(33)21(35)32-16-4-2-14(3-5-16)23(36,24(26,27)28)25(29,30)31/h2-8,15,20,36H,9-12H2,1H3,(H,32,35). The van der Waals surface area contributed by atoms with Gasteiger partial charge in [0, 0.05) is 24.9 Å². The molecule has 1 aliphatic heterocycles. The average Bonchev–Trinajstić information content (AvgIpc) is 3.71. The van der Waals surface area contributed by atoms with E-state index in [-0.39, 0.29) is 23.0 Å². The van der Waals surface area contributed by atoms with Gasteiger partial charge >= 0.3 is 12.4 Å². The number of methoxy groups -OCH3 is 1. The molecule has 1 heterocycles. The lowest BCUT2D eigenvalue weighted by atomic mass is 9.92. The predicted molar refractivity (Wildman–Crippen MR) is 125 cm³/mol. The number of nitrogens with one attached hydrogen (secondary N) is 1. The summed E-state index contributed by atoms with van der Waals surface area (Å²) in [6, 6.07) is 5.16. The molecule has 1 unspecified atom stereocenters. The van der Waals surface area contributed by atoms with Crippen LogP contribution in [0, 0.1) is 5.92 Å². The van der Waals surface area contributed by atoms with Crippen LogP contribution in [0.3, 0.4) is 0 Å². The molecule has 5 rings (SSSR count). The van der Waals surface area contributed by atoms with Crippen LogP contribution in [0.25, 0.3) is 0 Å². The van der Waals surface area contributed by atoms with E-state index in [0.717, 1.165) is 17.0 Å². The van der Waals surface area contributed by atoms with Crippen LogP contribution in [-0.2, 0) is 36.3 Å². The number of amides is 2. The fraction of sp³-hybridized carbons (Fsp3) is 0.440. The first-order valence-electron chi connectivity index (χ1n) is 11.9. The van der Waals surface area contributed by atoms with Crippen LogP contribution in [0.5, 0.6) is 0 Å². The Morgan fingerprint density at radius 3 is 2.12 bits per heavy atom. The van der Waals surface area contributed by atoms with Gasteiger partial charge in [0.1, 0.15) is 12.6 Å². The van der Waals surface area contributed by atoms with Crippen molar-refractivity contribution in [1.82, 2.24) is 4.90 Å². The molecular weight excluding hydrogens is 570 g/mol. The highest BCUT2D eigenvalue weighted by atomic mass is 32.2. The Hall–Kier alpha value is -3.17. The van der Waals surface area contributed by atoms with Crippen LogP contribution in [-0.4, -0.2) is 61.1 Å². The lowest BCUT2D eigenvalue weighted by molar-refractivity contribution is -0.376. The molecule has 2 aliphatic carbocycles. The van der Waals surface area contributed by atoms with Gasteiger partial charge in [0.15, 0.2) is 9.84 Å².